The molecule has 1 aromatic heterocycles. The summed E-state index contributed by atoms with van der Waals surface area (Å²) in [6, 6.07) is 12.0. The van der Waals surface area contributed by atoms with Gasteiger partial charge in [0.05, 0.1) is 24.6 Å². The molecule has 3 nitrogen and oxygen atoms in total. The lowest BCUT2D eigenvalue weighted by Gasteiger charge is -2.10. The first-order valence-corrected chi connectivity index (χ1v) is 5.09. The molecule has 80 valence electrons. The number of hydrogen-bond donors (Lipinski definition) is 0. The SMILES string of the molecule is COc1nc2ccccc2cc1C(C)C#N. The van der Waals surface area contributed by atoms with E-state index in [1.807, 2.05) is 37.3 Å². The summed E-state index contributed by atoms with van der Waals surface area (Å²) in [6.45, 7) is 1.84. The van der Waals surface area contributed by atoms with Crippen LogP contribution in [0, 0.1) is 11.3 Å². The van der Waals surface area contributed by atoms with E-state index in [0.29, 0.717) is 5.88 Å². The van der Waals surface area contributed by atoms with E-state index in [2.05, 4.69) is 11.1 Å². The van der Waals surface area contributed by atoms with Crippen molar-refractivity contribution in [2.75, 3.05) is 7.11 Å². The Balaban J connectivity index is 2.68. The summed E-state index contributed by atoms with van der Waals surface area (Å²) < 4.78 is 5.21. The Labute approximate surface area is 94.3 Å². The number of pyridine rings is 1. The number of methoxy groups -OCH3 is 1. The molecule has 3 heteroatoms. The Morgan fingerprint density at radius 3 is 2.81 bits per heavy atom. The van der Waals surface area contributed by atoms with Crippen molar-refractivity contribution in [3.63, 3.8) is 0 Å². The van der Waals surface area contributed by atoms with Crippen LogP contribution in [-0.4, -0.2) is 12.1 Å². The topological polar surface area (TPSA) is 45.9 Å². The minimum absolute atomic E-state index is 0.216. The normalized spacial score (nSPS) is 12.1. The van der Waals surface area contributed by atoms with Gasteiger partial charge in [-0.15, -0.1) is 0 Å². The van der Waals surface area contributed by atoms with Crippen LogP contribution >= 0.6 is 0 Å². The summed E-state index contributed by atoms with van der Waals surface area (Å²) in [5, 5.41) is 9.98. The first-order valence-electron chi connectivity index (χ1n) is 5.09. The van der Waals surface area contributed by atoms with E-state index in [9.17, 15) is 0 Å². The molecule has 0 N–H and O–H groups in total. The van der Waals surface area contributed by atoms with Gasteiger partial charge in [0, 0.05) is 10.9 Å². The Kier molecular flexibility index (Phi) is 2.74. The molecule has 1 atom stereocenters. The first kappa shape index (κ1) is 10.4. The minimum atomic E-state index is -0.216. The highest BCUT2D eigenvalue weighted by atomic mass is 16.5. The van der Waals surface area contributed by atoms with E-state index in [1.165, 1.54) is 0 Å². The maximum atomic E-state index is 8.95. The predicted octanol–water partition coefficient (Wildman–Crippen LogP) is 2.87. The van der Waals surface area contributed by atoms with Crippen molar-refractivity contribution in [1.29, 1.82) is 5.26 Å². The third kappa shape index (κ3) is 1.70. The third-order valence-electron chi connectivity index (χ3n) is 2.57. The molecule has 16 heavy (non-hydrogen) atoms. The summed E-state index contributed by atoms with van der Waals surface area (Å²) in [4.78, 5) is 4.39. The zero-order chi connectivity index (χ0) is 11.5. The summed E-state index contributed by atoms with van der Waals surface area (Å²) >= 11 is 0. The zero-order valence-electron chi connectivity index (χ0n) is 9.27. The van der Waals surface area contributed by atoms with E-state index in [-0.39, 0.29) is 5.92 Å². The van der Waals surface area contributed by atoms with Crippen molar-refractivity contribution < 1.29 is 4.74 Å². The number of rotatable bonds is 2. The maximum absolute atomic E-state index is 8.95. The van der Waals surface area contributed by atoms with Crippen LogP contribution in [0.4, 0.5) is 0 Å². The molecule has 0 saturated heterocycles. The largest absolute Gasteiger partial charge is 0.481 e. The molecule has 0 spiro atoms. The molecule has 1 unspecified atom stereocenters. The highest BCUT2D eigenvalue weighted by Crippen LogP contribution is 2.27. The number of ether oxygens (including phenoxy) is 1. The van der Waals surface area contributed by atoms with Gasteiger partial charge in [-0.1, -0.05) is 18.2 Å². The van der Waals surface area contributed by atoms with Crippen molar-refractivity contribution in [3.05, 3.63) is 35.9 Å². The van der Waals surface area contributed by atoms with E-state index >= 15 is 0 Å². The Morgan fingerprint density at radius 2 is 2.12 bits per heavy atom. The van der Waals surface area contributed by atoms with E-state index in [4.69, 9.17) is 10.00 Å². The molecule has 0 fully saturated rings. The first-order chi connectivity index (χ1) is 7.76. The number of aromatic nitrogens is 1. The lowest BCUT2D eigenvalue weighted by molar-refractivity contribution is 0.393. The number of nitrogens with zero attached hydrogens (tertiary/aromatic N) is 2. The van der Waals surface area contributed by atoms with Crippen LogP contribution in [0.3, 0.4) is 0 Å². The maximum Gasteiger partial charge on any atom is 0.218 e. The molecular formula is C13H12N2O. The van der Waals surface area contributed by atoms with Crippen molar-refractivity contribution in [2.24, 2.45) is 0 Å². The molecule has 0 radical (unpaired) electrons. The van der Waals surface area contributed by atoms with Crippen LogP contribution < -0.4 is 4.74 Å². The molecule has 0 amide bonds. The second-order valence-electron chi connectivity index (χ2n) is 3.63. The van der Waals surface area contributed by atoms with Crippen molar-refractivity contribution in [1.82, 2.24) is 4.98 Å². The number of nitriles is 1. The molecule has 1 heterocycles. The van der Waals surface area contributed by atoms with Gasteiger partial charge in [-0.3, -0.25) is 0 Å². The van der Waals surface area contributed by atoms with Crippen LogP contribution in [0.5, 0.6) is 5.88 Å². The number of hydrogen-bond acceptors (Lipinski definition) is 3. The highest BCUT2D eigenvalue weighted by molar-refractivity contribution is 5.80. The number of para-hydroxylation sites is 1. The van der Waals surface area contributed by atoms with Crippen molar-refractivity contribution in [2.45, 2.75) is 12.8 Å². The highest BCUT2D eigenvalue weighted by Gasteiger charge is 2.13. The van der Waals surface area contributed by atoms with E-state index < -0.39 is 0 Å². The van der Waals surface area contributed by atoms with Crippen molar-refractivity contribution in [3.8, 4) is 11.9 Å². The summed E-state index contributed by atoms with van der Waals surface area (Å²) in [5.41, 5.74) is 1.72. The van der Waals surface area contributed by atoms with Crippen LogP contribution in [0.2, 0.25) is 0 Å². The Bertz CT molecular complexity index is 557. The average Bonchev–Trinajstić information content (AvgIpc) is 2.36. The number of benzene rings is 1. The third-order valence-corrected chi connectivity index (χ3v) is 2.57. The van der Waals surface area contributed by atoms with Gasteiger partial charge >= 0.3 is 0 Å². The van der Waals surface area contributed by atoms with E-state index in [1.54, 1.807) is 7.11 Å². The number of fused-ring (bicyclic) bond motifs is 1. The van der Waals surface area contributed by atoms with Gasteiger partial charge in [0.1, 0.15) is 0 Å². The fourth-order valence-corrected chi connectivity index (χ4v) is 1.66. The fourth-order valence-electron chi connectivity index (χ4n) is 1.66. The minimum Gasteiger partial charge on any atom is -0.481 e. The van der Waals surface area contributed by atoms with Gasteiger partial charge in [-0.2, -0.15) is 5.26 Å². The second kappa shape index (κ2) is 4.19. The molecule has 0 aliphatic rings. The van der Waals surface area contributed by atoms with Crippen LogP contribution in [0.25, 0.3) is 10.9 Å². The van der Waals surface area contributed by atoms with E-state index in [0.717, 1.165) is 16.5 Å². The summed E-state index contributed by atoms with van der Waals surface area (Å²) in [7, 11) is 1.57. The monoisotopic (exact) mass is 212 g/mol. The van der Waals surface area contributed by atoms with Gasteiger partial charge in [0.15, 0.2) is 0 Å². The molecule has 0 bridgehead atoms. The van der Waals surface area contributed by atoms with Gasteiger partial charge in [0.25, 0.3) is 0 Å². The molecule has 0 saturated carbocycles. The lowest BCUT2D eigenvalue weighted by Crippen LogP contribution is -1.98. The zero-order valence-corrected chi connectivity index (χ0v) is 9.27. The smallest absolute Gasteiger partial charge is 0.218 e. The second-order valence-corrected chi connectivity index (χ2v) is 3.63. The predicted molar refractivity (Wildman–Crippen MR) is 62.3 cm³/mol. The molecule has 2 rings (SSSR count). The van der Waals surface area contributed by atoms with Gasteiger partial charge < -0.3 is 4.74 Å². The van der Waals surface area contributed by atoms with Crippen molar-refractivity contribution >= 4 is 10.9 Å². The molecule has 0 aliphatic carbocycles. The Hall–Kier alpha value is -2.08. The van der Waals surface area contributed by atoms with Gasteiger partial charge in [-0.05, 0) is 19.1 Å². The van der Waals surface area contributed by atoms with Crippen LogP contribution in [-0.2, 0) is 0 Å². The standard InChI is InChI=1S/C13H12N2O/c1-9(8-14)11-7-10-5-3-4-6-12(10)15-13(11)16-2/h3-7,9H,1-2H3. The van der Waals surface area contributed by atoms with Gasteiger partial charge in [0.2, 0.25) is 5.88 Å². The Morgan fingerprint density at radius 1 is 1.38 bits per heavy atom. The van der Waals surface area contributed by atoms with Crippen LogP contribution in [0.1, 0.15) is 18.4 Å². The molecule has 2 aromatic rings. The molecular weight excluding hydrogens is 200 g/mol. The lowest BCUT2D eigenvalue weighted by atomic mass is 10.0. The molecule has 0 aliphatic heterocycles. The average molecular weight is 212 g/mol. The summed E-state index contributed by atoms with van der Waals surface area (Å²) in [6.07, 6.45) is 0. The fraction of sp³-hybridized carbons (Fsp3) is 0.231. The van der Waals surface area contributed by atoms with Crippen LogP contribution in [0.15, 0.2) is 30.3 Å². The molecule has 1 aromatic carbocycles. The quantitative estimate of drug-likeness (QED) is 0.768. The van der Waals surface area contributed by atoms with Gasteiger partial charge in [-0.25, -0.2) is 4.98 Å². The summed E-state index contributed by atoms with van der Waals surface area (Å²) in [5.74, 6) is 0.319.